The SMILES string of the molecule is C=C1C[C@@]2(C)C(=O)CC[C@H]2c2ccc3ccccc3c21. The lowest BCUT2D eigenvalue weighted by molar-refractivity contribution is -0.125. The Hall–Kier alpha value is -1.89. The van der Waals surface area contributed by atoms with Crippen molar-refractivity contribution >= 4 is 22.1 Å². The van der Waals surface area contributed by atoms with Gasteiger partial charge < -0.3 is 0 Å². The average Bonchev–Trinajstić information content (AvgIpc) is 2.74. The van der Waals surface area contributed by atoms with Gasteiger partial charge in [0.05, 0.1) is 0 Å². The number of fused-ring (bicyclic) bond motifs is 5. The molecule has 1 nitrogen and oxygen atoms in total. The van der Waals surface area contributed by atoms with E-state index < -0.39 is 0 Å². The Morgan fingerprint density at radius 2 is 2.00 bits per heavy atom. The molecule has 1 fully saturated rings. The molecular weight excluding hydrogens is 244 g/mol. The maximum atomic E-state index is 12.3. The molecule has 100 valence electrons. The van der Waals surface area contributed by atoms with Gasteiger partial charge in [0.1, 0.15) is 5.78 Å². The van der Waals surface area contributed by atoms with Crippen LogP contribution in [0.5, 0.6) is 0 Å². The van der Waals surface area contributed by atoms with Crippen molar-refractivity contribution in [3.05, 3.63) is 54.1 Å². The number of hydrogen-bond acceptors (Lipinski definition) is 1. The number of benzene rings is 2. The van der Waals surface area contributed by atoms with Crippen molar-refractivity contribution in [1.82, 2.24) is 0 Å². The molecule has 0 heterocycles. The van der Waals surface area contributed by atoms with E-state index in [2.05, 4.69) is 49.9 Å². The highest BCUT2D eigenvalue weighted by Crippen LogP contribution is 2.57. The molecule has 4 rings (SSSR count). The molecule has 1 heteroatoms. The molecule has 20 heavy (non-hydrogen) atoms. The molecule has 2 aliphatic carbocycles. The molecule has 0 saturated heterocycles. The van der Waals surface area contributed by atoms with E-state index in [9.17, 15) is 4.79 Å². The number of ketones is 1. The van der Waals surface area contributed by atoms with Crippen LogP contribution >= 0.6 is 0 Å². The summed E-state index contributed by atoms with van der Waals surface area (Å²) in [6.07, 6.45) is 2.53. The van der Waals surface area contributed by atoms with E-state index >= 15 is 0 Å². The zero-order valence-corrected chi connectivity index (χ0v) is 11.8. The Labute approximate surface area is 119 Å². The van der Waals surface area contributed by atoms with E-state index in [0.29, 0.717) is 11.7 Å². The zero-order chi connectivity index (χ0) is 13.9. The van der Waals surface area contributed by atoms with E-state index in [1.807, 2.05) is 0 Å². The lowest BCUT2D eigenvalue weighted by Crippen LogP contribution is -2.31. The van der Waals surface area contributed by atoms with Crippen LogP contribution in [0.1, 0.15) is 43.2 Å². The summed E-state index contributed by atoms with van der Waals surface area (Å²) < 4.78 is 0. The van der Waals surface area contributed by atoms with Crippen molar-refractivity contribution in [2.24, 2.45) is 5.41 Å². The van der Waals surface area contributed by atoms with Crippen molar-refractivity contribution in [2.75, 3.05) is 0 Å². The normalized spacial score (nSPS) is 28.6. The second-order valence-electron chi connectivity index (χ2n) is 6.46. The van der Waals surface area contributed by atoms with Gasteiger partial charge in [-0.1, -0.05) is 49.9 Å². The predicted octanol–water partition coefficient (Wildman–Crippen LogP) is 4.71. The van der Waals surface area contributed by atoms with Crippen molar-refractivity contribution in [2.45, 2.75) is 32.1 Å². The van der Waals surface area contributed by atoms with Crippen LogP contribution < -0.4 is 0 Å². The number of allylic oxidation sites excluding steroid dienone is 1. The topological polar surface area (TPSA) is 17.1 Å². The standard InChI is InChI=1S/C19H18O/c1-12-11-19(2)16(9-10-17(19)20)15-8-7-13-5-3-4-6-14(13)18(12)15/h3-8,16H,1,9-11H2,2H3/t16-,19+/m0/s1. The van der Waals surface area contributed by atoms with Gasteiger partial charge in [-0.25, -0.2) is 0 Å². The summed E-state index contributed by atoms with van der Waals surface area (Å²) in [4.78, 5) is 12.3. The molecule has 0 spiro atoms. The molecule has 0 unspecified atom stereocenters. The molecule has 2 aromatic rings. The van der Waals surface area contributed by atoms with E-state index in [0.717, 1.165) is 24.8 Å². The molecule has 0 radical (unpaired) electrons. The number of rotatable bonds is 0. The first-order chi connectivity index (χ1) is 9.61. The first-order valence-electron chi connectivity index (χ1n) is 7.34. The Balaban J connectivity index is 2.04. The van der Waals surface area contributed by atoms with Crippen molar-refractivity contribution in [3.63, 3.8) is 0 Å². The smallest absolute Gasteiger partial charge is 0.139 e. The van der Waals surface area contributed by atoms with E-state index in [-0.39, 0.29) is 5.41 Å². The van der Waals surface area contributed by atoms with E-state index in [4.69, 9.17) is 0 Å². The lowest BCUT2D eigenvalue weighted by atomic mass is 9.64. The summed E-state index contributed by atoms with van der Waals surface area (Å²) in [7, 11) is 0. The van der Waals surface area contributed by atoms with Crippen LogP contribution in [-0.4, -0.2) is 5.78 Å². The van der Waals surface area contributed by atoms with Crippen LogP contribution in [0.25, 0.3) is 16.3 Å². The van der Waals surface area contributed by atoms with Gasteiger partial charge in [-0.3, -0.25) is 4.79 Å². The van der Waals surface area contributed by atoms with Gasteiger partial charge >= 0.3 is 0 Å². The Morgan fingerprint density at radius 1 is 1.20 bits per heavy atom. The average molecular weight is 262 g/mol. The summed E-state index contributed by atoms with van der Waals surface area (Å²) in [5.74, 6) is 0.794. The third kappa shape index (κ3) is 1.35. The monoisotopic (exact) mass is 262 g/mol. The summed E-state index contributed by atoms with van der Waals surface area (Å²) in [6.45, 7) is 6.43. The maximum Gasteiger partial charge on any atom is 0.139 e. The number of carbonyl (C=O) groups excluding carboxylic acids is 1. The molecular formula is C19H18O. The van der Waals surface area contributed by atoms with Crippen molar-refractivity contribution in [1.29, 1.82) is 0 Å². The van der Waals surface area contributed by atoms with Crippen LogP contribution in [-0.2, 0) is 4.79 Å². The van der Waals surface area contributed by atoms with Gasteiger partial charge in [0, 0.05) is 11.8 Å². The maximum absolute atomic E-state index is 12.3. The Bertz CT molecular complexity index is 755. The van der Waals surface area contributed by atoms with Gasteiger partial charge in [-0.05, 0) is 46.2 Å². The van der Waals surface area contributed by atoms with Gasteiger partial charge in [-0.15, -0.1) is 0 Å². The second kappa shape index (κ2) is 3.82. The molecule has 0 aromatic heterocycles. The quantitative estimate of drug-likeness (QED) is 0.672. The van der Waals surface area contributed by atoms with E-state index in [1.54, 1.807) is 0 Å². The Kier molecular flexibility index (Phi) is 2.27. The summed E-state index contributed by atoms with van der Waals surface area (Å²) in [5.41, 5.74) is 3.56. The zero-order valence-electron chi connectivity index (χ0n) is 11.8. The largest absolute Gasteiger partial charge is 0.299 e. The molecule has 0 amide bonds. The number of Topliss-reactive ketones (excluding diaryl/α,β-unsaturated/α-hetero) is 1. The van der Waals surface area contributed by atoms with Crippen LogP contribution in [0.15, 0.2) is 43.0 Å². The van der Waals surface area contributed by atoms with Crippen molar-refractivity contribution < 1.29 is 4.79 Å². The molecule has 2 aromatic carbocycles. The van der Waals surface area contributed by atoms with Gasteiger partial charge in [0.25, 0.3) is 0 Å². The third-order valence-corrected chi connectivity index (χ3v) is 5.34. The van der Waals surface area contributed by atoms with Gasteiger partial charge in [0.15, 0.2) is 0 Å². The first-order valence-corrected chi connectivity index (χ1v) is 7.34. The molecule has 1 saturated carbocycles. The summed E-state index contributed by atoms with van der Waals surface area (Å²) in [6, 6.07) is 12.9. The minimum atomic E-state index is -0.216. The highest BCUT2D eigenvalue weighted by atomic mass is 16.1. The molecule has 0 bridgehead atoms. The third-order valence-electron chi connectivity index (χ3n) is 5.34. The minimum absolute atomic E-state index is 0.216. The number of carbonyl (C=O) groups is 1. The fourth-order valence-corrected chi connectivity index (χ4v) is 4.30. The predicted molar refractivity (Wildman–Crippen MR) is 82.7 cm³/mol. The van der Waals surface area contributed by atoms with Gasteiger partial charge in [0.2, 0.25) is 0 Å². The first kappa shape index (κ1) is 11.9. The lowest BCUT2D eigenvalue weighted by Gasteiger charge is -2.38. The molecule has 2 atom stereocenters. The number of hydrogen-bond donors (Lipinski definition) is 0. The van der Waals surface area contributed by atoms with Crippen LogP contribution in [0.3, 0.4) is 0 Å². The van der Waals surface area contributed by atoms with Gasteiger partial charge in [-0.2, -0.15) is 0 Å². The fourth-order valence-electron chi connectivity index (χ4n) is 4.30. The minimum Gasteiger partial charge on any atom is -0.299 e. The van der Waals surface area contributed by atoms with E-state index in [1.165, 1.54) is 21.9 Å². The summed E-state index contributed by atoms with van der Waals surface area (Å²) >= 11 is 0. The highest BCUT2D eigenvalue weighted by molar-refractivity contribution is 5.99. The Morgan fingerprint density at radius 3 is 2.85 bits per heavy atom. The molecule has 0 N–H and O–H groups in total. The van der Waals surface area contributed by atoms with Crippen LogP contribution in [0.4, 0.5) is 0 Å². The molecule has 0 aliphatic heterocycles. The van der Waals surface area contributed by atoms with Crippen LogP contribution in [0, 0.1) is 5.41 Å². The van der Waals surface area contributed by atoms with Crippen molar-refractivity contribution in [3.8, 4) is 0 Å². The van der Waals surface area contributed by atoms with Crippen LogP contribution in [0.2, 0.25) is 0 Å². The fraction of sp³-hybridized carbons (Fsp3) is 0.316. The summed E-state index contributed by atoms with van der Waals surface area (Å²) in [5, 5.41) is 2.55. The molecule has 2 aliphatic rings. The highest BCUT2D eigenvalue weighted by Gasteiger charge is 2.50. The second-order valence-corrected chi connectivity index (χ2v) is 6.46.